The lowest BCUT2D eigenvalue weighted by molar-refractivity contribution is 0.102. The normalized spacial score (nSPS) is 11.2. The van der Waals surface area contributed by atoms with Gasteiger partial charge in [0.25, 0.3) is 15.9 Å². The van der Waals surface area contributed by atoms with Crippen molar-refractivity contribution in [3.05, 3.63) is 65.2 Å². The summed E-state index contributed by atoms with van der Waals surface area (Å²) >= 11 is 6.75. The van der Waals surface area contributed by atoms with Gasteiger partial charge in [-0.2, -0.15) is 0 Å². The summed E-state index contributed by atoms with van der Waals surface area (Å²) in [5, 5.41) is 10.3. The van der Waals surface area contributed by atoms with Crippen LogP contribution in [0.1, 0.15) is 10.4 Å². The summed E-state index contributed by atoms with van der Waals surface area (Å²) in [6.45, 7) is 0.659. The number of rotatable bonds is 8. The number of nitrogens with one attached hydrogen (secondary N) is 2. The predicted molar refractivity (Wildman–Crippen MR) is 114 cm³/mol. The van der Waals surface area contributed by atoms with E-state index in [4.69, 9.17) is 11.6 Å². The van der Waals surface area contributed by atoms with E-state index < -0.39 is 15.9 Å². The van der Waals surface area contributed by atoms with E-state index >= 15 is 0 Å². The Bertz CT molecular complexity index is 1090. The minimum Gasteiger partial charge on any atom is -0.373 e. The highest BCUT2D eigenvalue weighted by Gasteiger charge is 2.21. The molecular formula is C18H18ClN5O3S2. The first-order valence-corrected chi connectivity index (χ1v) is 11.2. The number of anilines is 2. The second-order valence-electron chi connectivity index (χ2n) is 5.96. The molecule has 152 valence electrons. The number of benzene rings is 2. The third-order valence-electron chi connectivity index (χ3n) is 3.91. The summed E-state index contributed by atoms with van der Waals surface area (Å²) in [5.74, 6) is -0.492. The molecule has 8 nitrogen and oxygen atoms in total. The molecule has 11 heteroatoms. The van der Waals surface area contributed by atoms with Crippen LogP contribution in [0.4, 0.5) is 10.8 Å². The molecule has 0 fully saturated rings. The maximum atomic E-state index is 12.4. The minimum absolute atomic E-state index is 0.0664. The maximum Gasteiger partial charge on any atom is 0.269 e. The summed E-state index contributed by atoms with van der Waals surface area (Å²) in [4.78, 5) is 14.2. The summed E-state index contributed by atoms with van der Waals surface area (Å²) in [7, 11) is -1.96. The first-order valence-electron chi connectivity index (χ1n) is 8.52. The molecule has 2 aromatic carbocycles. The predicted octanol–water partition coefficient (Wildman–Crippen LogP) is 2.86. The Morgan fingerprint density at radius 3 is 2.52 bits per heavy atom. The van der Waals surface area contributed by atoms with Crippen molar-refractivity contribution in [1.82, 2.24) is 14.9 Å². The van der Waals surface area contributed by atoms with Crippen LogP contribution in [0.15, 0.2) is 58.9 Å². The molecule has 0 saturated carbocycles. The molecule has 3 rings (SSSR count). The number of hydrogen-bond acceptors (Lipinski definition) is 7. The molecule has 3 aromatic rings. The topological polar surface area (TPSA) is 104 Å². The molecule has 0 bridgehead atoms. The fourth-order valence-corrected chi connectivity index (χ4v) is 4.58. The third kappa shape index (κ3) is 5.51. The van der Waals surface area contributed by atoms with Gasteiger partial charge in [-0.1, -0.05) is 53.3 Å². The Hall–Kier alpha value is -2.53. The maximum absolute atomic E-state index is 12.4. The zero-order valence-electron chi connectivity index (χ0n) is 15.4. The number of aromatic nitrogens is 2. The lowest BCUT2D eigenvalue weighted by Crippen LogP contribution is -2.33. The Morgan fingerprint density at radius 2 is 1.79 bits per heavy atom. The fourth-order valence-electron chi connectivity index (χ4n) is 2.40. The molecule has 29 heavy (non-hydrogen) atoms. The van der Waals surface area contributed by atoms with Gasteiger partial charge in [-0.05, 0) is 24.3 Å². The Kier molecular flexibility index (Phi) is 6.80. The number of sulfonamides is 1. The van der Waals surface area contributed by atoms with Crippen molar-refractivity contribution in [3.8, 4) is 0 Å². The third-order valence-corrected chi connectivity index (χ3v) is 6.91. The molecule has 0 unspecified atom stereocenters. The van der Waals surface area contributed by atoms with Crippen molar-refractivity contribution >= 4 is 49.7 Å². The number of halogens is 1. The van der Waals surface area contributed by atoms with Gasteiger partial charge < -0.3 is 4.90 Å². The van der Waals surface area contributed by atoms with Crippen molar-refractivity contribution < 1.29 is 13.2 Å². The van der Waals surface area contributed by atoms with Crippen LogP contribution in [0, 0.1) is 0 Å². The van der Waals surface area contributed by atoms with Gasteiger partial charge in [-0.3, -0.25) is 10.1 Å². The van der Waals surface area contributed by atoms with Crippen LogP contribution >= 0.6 is 22.9 Å². The van der Waals surface area contributed by atoms with Crippen LogP contribution in [0.3, 0.4) is 0 Å². The summed E-state index contributed by atoms with van der Waals surface area (Å²) in [5.41, 5.74) is 1.24. The van der Waals surface area contributed by atoms with Gasteiger partial charge in [0.1, 0.15) is 0 Å². The molecule has 0 aliphatic heterocycles. The number of amides is 1. The highest BCUT2D eigenvalue weighted by molar-refractivity contribution is 7.91. The summed E-state index contributed by atoms with van der Waals surface area (Å²) in [6.07, 6.45) is 0. The number of likely N-dealkylation sites (N-methyl/N-ethyl adjacent to an activating group) is 1. The molecule has 0 aliphatic rings. The first-order chi connectivity index (χ1) is 13.9. The second kappa shape index (κ2) is 9.31. The van der Waals surface area contributed by atoms with Crippen molar-refractivity contribution in [2.75, 3.05) is 30.4 Å². The SMILES string of the molecule is CN(CCNS(=O)(=O)c1nnc(NC(=O)c2ccccc2Cl)s1)c1ccccc1. The average molecular weight is 452 g/mol. The Morgan fingerprint density at radius 1 is 1.10 bits per heavy atom. The van der Waals surface area contributed by atoms with Crippen molar-refractivity contribution in [3.63, 3.8) is 0 Å². The van der Waals surface area contributed by atoms with Gasteiger partial charge in [0.05, 0.1) is 10.6 Å². The molecule has 2 N–H and O–H groups in total. The van der Waals surface area contributed by atoms with Gasteiger partial charge in [0.2, 0.25) is 9.47 Å². The monoisotopic (exact) mass is 451 g/mol. The number of para-hydroxylation sites is 1. The Balaban J connectivity index is 1.58. The van der Waals surface area contributed by atoms with Crippen LogP contribution in [0.25, 0.3) is 0 Å². The lowest BCUT2D eigenvalue weighted by Gasteiger charge is -2.19. The molecule has 0 radical (unpaired) electrons. The van der Waals surface area contributed by atoms with Gasteiger partial charge in [0, 0.05) is 25.8 Å². The Labute approximate surface area is 177 Å². The highest BCUT2D eigenvalue weighted by Crippen LogP contribution is 2.22. The van der Waals surface area contributed by atoms with E-state index in [9.17, 15) is 13.2 Å². The van der Waals surface area contributed by atoms with Gasteiger partial charge in [-0.25, -0.2) is 13.1 Å². The molecule has 1 aromatic heterocycles. The van der Waals surface area contributed by atoms with E-state index in [1.165, 1.54) is 0 Å². The molecule has 0 spiro atoms. The minimum atomic E-state index is -3.84. The largest absolute Gasteiger partial charge is 0.373 e. The van der Waals surface area contributed by atoms with Gasteiger partial charge in [0.15, 0.2) is 0 Å². The standard InChI is InChI=1S/C18H18ClN5O3S2/c1-24(13-7-3-2-4-8-13)12-11-20-29(26,27)18-23-22-17(28-18)21-16(25)14-9-5-6-10-15(14)19/h2-10,20H,11-12H2,1H3,(H,21,22,25). The second-order valence-corrected chi connectivity index (χ2v) is 9.29. The molecule has 0 aliphatic carbocycles. The molecular weight excluding hydrogens is 434 g/mol. The van der Waals surface area contributed by atoms with E-state index in [0.717, 1.165) is 17.0 Å². The quantitative estimate of drug-likeness (QED) is 0.510. The highest BCUT2D eigenvalue weighted by atomic mass is 35.5. The fraction of sp³-hybridized carbons (Fsp3) is 0.167. The summed E-state index contributed by atoms with van der Waals surface area (Å²) < 4.78 is 27.1. The molecule has 1 amide bonds. The number of carbonyl (C=O) groups is 1. The van der Waals surface area contributed by atoms with Crippen molar-refractivity contribution in [1.29, 1.82) is 0 Å². The zero-order chi connectivity index (χ0) is 20.9. The van der Waals surface area contributed by atoms with E-state index in [-0.39, 0.29) is 26.6 Å². The molecule has 1 heterocycles. The van der Waals surface area contributed by atoms with E-state index in [0.29, 0.717) is 6.54 Å². The molecule has 0 atom stereocenters. The summed E-state index contributed by atoms with van der Waals surface area (Å²) in [6, 6.07) is 16.1. The van der Waals surface area contributed by atoms with E-state index in [1.807, 2.05) is 42.3 Å². The first kappa shape index (κ1) is 21.2. The van der Waals surface area contributed by atoms with E-state index in [1.54, 1.807) is 24.3 Å². The van der Waals surface area contributed by atoms with Crippen LogP contribution in [0.5, 0.6) is 0 Å². The van der Waals surface area contributed by atoms with Crippen LogP contribution in [-0.2, 0) is 10.0 Å². The molecule has 0 saturated heterocycles. The zero-order valence-corrected chi connectivity index (χ0v) is 17.8. The van der Waals surface area contributed by atoms with Gasteiger partial charge >= 0.3 is 0 Å². The van der Waals surface area contributed by atoms with Crippen LogP contribution < -0.4 is 14.9 Å². The lowest BCUT2D eigenvalue weighted by atomic mass is 10.2. The smallest absolute Gasteiger partial charge is 0.269 e. The van der Waals surface area contributed by atoms with Gasteiger partial charge in [-0.15, -0.1) is 10.2 Å². The van der Waals surface area contributed by atoms with Crippen molar-refractivity contribution in [2.45, 2.75) is 4.34 Å². The number of carbonyl (C=O) groups excluding carboxylic acids is 1. The average Bonchev–Trinajstić information content (AvgIpc) is 3.18. The number of hydrogen-bond donors (Lipinski definition) is 2. The van der Waals surface area contributed by atoms with Crippen LogP contribution in [0.2, 0.25) is 5.02 Å². The van der Waals surface area contributed by atoms with Crippen molar-refractivity contribution in [2.24, 2.45) is 0 Å². The van der Waals surface area contributed by atoms with Crippen LogP contribution in [-0.4, -0.2) is 44.7 Å². The van der Waals surface area contributed by atoms with E-state index in [2.05, 4.69) is 20.2 Å². The number of nitrogens with zero attached hydrogens (tertiary/aromatic N) is 3.